The number of hydrogen-bond acceptors (Lipinski definition) is 5. The summed E-state index contributed by atoms with van der Waals surface area (Å²) in [5, 5.41) is 0.152. The second kappa shape index (κ2) is 8.40. The molecule has 9 heteroatoms. The van der Waals surface area contributed by atoms with Crippen LogP contribution in [0.4, 0.5) is 5.69 Å². The van der Waals surface area contributed by atoms with Crippen molar-refractivity contribution >= 4 is 32.5 Å². The zero-order valence-electron chi connectivity index (χ0n) is 18.2. The van der Waals surface area contributed by atoms with E-state index in [0.717, 1.165) is 11.1 Å². The number of hydrogen-bond donors (Lipinski definition) is 1. The lowest BCUT2D eigenvalue weighted by molar-refractivity contribution is 0.0302. The maximum Gasteiger partial charge on any atom is 0.264 e. The first-order valence-corrected chi connectivity index (χ1v) is 11.7. The third-order valence-corrected chi connectivity index (χ3v) is 7.51. The predicted octanol–water partition coefficient (Wildman–Crippen LogP) is 2.44. The number of H-pyrrole nitrogens is 1. The summed E-state index contributed by atoms with van der Waals surface area (Å²) >= 11 is 0. The zero-order valence-corrected chi connectivity index (χ0v) is 19.0. The first-order valence-electron chi connectivity index (χ1n) is 10.3. The van der Waals surface area contributed by atoms with Gasteiger partial charge in [-0.25, -0.2) is 8.42 Å². The van der Waals surface area contributed by atoms with Crippen molar-refractivity contribution in [3.05, 3.63) is 69.5 Å². The van der Waals surface area contributed by atoms with Crippen LogP contribution in [0.25, 0.3) is 10.9 Å². The third-order valence-electron chi connectivity index (χ3n) is 5.74. The van der Waals surface area contributed by atoms with Crippen LogP contribution in [-0.4, -0.2) is 57.6 Å². The Balaban J connectivity index is 1.77. The third kappa shape index (κ3) is 3.89. The number of carbonyl (C=O) groups is 1. The molecular weight excluding hydrogens is 430 g/mol. The lowest BCUT2D eigenvalue weighted by Gasteiger charge is -2.26. The molecule has 1 aromatic heterocycles. The van der Waals surface area contributed by atoms with E-state index in [2.05, 4.69) is 4.98 Å². The first-order chi connectivity index (χ1) is 15.2. The molecule has 0 saturated carbocycles. The molecule has 1 aliphatic heterocycles. The van der Waals surface area contributed by atoms with Crippen molar-refractivity contribution in [3.8, 4) is 0 Å². The lowest BCUT2D eigenvalue weighted by atomic mass is 10.1. The average molecular weight is 456 g/mol. The van der Waals surface area contributed by atoms with Crippen LogP contribution >= 0.6 is 0 Å². The number of ether oxygens (including phenoxy) is 1. The van der Waals surface area contributed by atoms with Gasteiger partial charge in [0.15, 0.2) is 0 Å². The molecule has 3 aromatic rings. The van der Waals surface area contributed by atoms with Gasteiger partial charge >= 0.3 is 0 Å². The molecule has 2 heterocycles. The van der Waals surface area contributed by atoms with Crippen molar-refractivity contribution in [1.29, 1.82) is 0 Å². The minimum Gasteiger partial charge on any atom is -0.378 e. The SMILES string of the molecule is Cc1ccc(C)c(N(C)S(=O)(=O)c2ccc3[nH]cc(C(=O)N4CCOCC4)c(=O)c3c2)c1. The van der Waals surface area contributed by atoms with Gasteiger partial charge in [0.2, 0.25) is 5.43 Å². The van der Waals surface area contributed by atoms with Crippen molar-refractivity contribution < 1.29 is 17.9 Å². The van der Waals surface area contributed by atoms with Gasteiger partial charge in [0.1, 0.15) is 5.56 Å². The van der Waals surface area contributed by atoms with Crippen molar-refractivity contribution in [2.75, 3.05) is 37.7 Å². The van der Waals surface area contributed by atoms with Crippen molar-refractivity contribution in [3.63, 3.8) is 0 Å². The number of fused-ring (bicyclic) bond motifs is 1. The molecule has 1 saturated heterocycles. The van der Waals surface area contributed by atoms with E-state index >= 15 is 0 Å². The highest BCUT2D eigenvalue weighted by atomic mass is 32.2. The molecule has 0 radical (unpaired) electrons. The van der Waals surface area contributed by atoms with Gasteiger partial charge in [-0.15, -0.1) is 0 Å². The van der Waals surface area contributed by atoms with Crippen LogP contribution in [-0.2, 0) is 14.8 Å². The number of pyridine rings is 1. The molecule has 4 rings (SSSR count). The standard InChI is InChI=1S/C23H25N3O5S/c1-15-4-5-16(2)21(12-15)25(3)32(29,30)17-6-7-20-18(13-17)22(27)19(14-24-20)23(28)26-8-10-31-11-9-26/h4-7,12-14H,8-11H2,1-3H3,(H,24,27). The first kappa shape index (κ1) is 22.0. The van der Waals surface area contributed by atoms with Crippen molar-refractivity contribution in [2.24, 2.45) is 0 Å². The van der Waals surface area contributed by atoms with Gasteiger partial charge in [0, 0.05) is 37.2 Å². The lowest BCUT2D eigenvalue weighted by Crippen LogP contribution is -2.42. The number of sulfonamides is 1. The number of rotatable bonds is 4. The monoisotopic (exact) mass is 455 g/mol. The average Bonchev–Trinajstić information content (AvgIpc) is 2.80. The van der Waals surface area contributed by atoms with Crippen LogP contribution in [0.15, 0.2) is 52.3 Å². The Labute approximate surface area is 186 Å². The molecule has 0 atom stereocenters. The van der Waals surface area contributed by atoms with Gasteiger partial charge in [-0.05, 0) is 49.2 Å². The van der Waals surface area contributed by atoms with E-state index in [4.69, 9.17) is 4.74 Å². The summed E-state index contributed by atoms with van der Waals surface area (Å²) in [5.41, 5.74) is 2.27. The Morgan fingerprint density at radius 1 is 1.09 bits per heavy atom. The molecule has 0 unspecified atom stereocenters. The van der Waals surface area contributed by atoms with Gasteiger partial charge in [0.05, 0.1) is 23.8 Å². The second-order valence-corrected chi connectivity index (χ2v) is 9.88. The number of nitrogens with zero attached hydrogens (tertiary/aromatic N) is 2. The molecule has 1 fully saturated rings. The maximum atomic E-state index is 13.3. The number of aromatic amines is 1. The van der Waals surface area contributed by atoms with Gasteiger partial charge in [-0.1, -0.05) is 12.1 Å². The largest absolute Gasteiger partial charge is 0.378 e. The van der Waals surface area contributed by atoms with E-state index in [1.807, 2.05) is 26.0 Å². The number of nitrogens with one attached hydrogen (secondary N) is 1. The van der Waals surface area contributed by atoms with E-state index in [1.165, 1.54) is 29.7 Å². The number of carbonyl (C=O) groups excluding carboxylic acids is 1. The van der Waals surface area contributed by atoms with E-state index in [1.54, 1.807) is 17.0 Å². The van der Waals surface area contributed by atoms with Crippen molar-refractivity contribution in [2.45, 2.75) is 18.7 Å². The summed E-state index contributed by atoms with van der Waals surface area (Å²) in [6, 6.07) is 9.93. The highest BCUT2D eigenvalue weighted by molar-refractivity contribution is 7.92. The number of anilines is 1. The van der Waals surface area contributed by atoms with Gasteiger partial charge in [-0.2, -0.15) is 0 Å². The molecule has 1 N–H and O–H groups in total. The van der Waals surface area contributed by atoms with Crippen LogP contribution in [0.1, 0.15) is 21.5 Å². The number of aryl methyl sites for hydroxylation is 2. The molecule has 1 aliphatic rings. The van der Waals surface area contributed by atoms with Gasteiger partial charge < -0.3 is 14.6 Å². The highest BCUT2D eigenvalue weighted by Crippen LogP contribution is 2.27. The highest BCUT2D eigenvalue weighted by Gasteiger charge is 2.25. The summed E-state index contributed by atoms with van der Waals surface area (Å²) in [5.74, 6) is -0.391. The topological polar surface area (TPSA) is 99.8 Å². The summed E-state index contributed by atoms with van der Waals surface area (Å²) in [7, 11) is -2.43. The molecule has 0 aliphatic carbocycles. The Kier molecular flexibility index (Phi) is 5.79. The summed E-state index contributed by atoms with van der Waals surface area (Å²) < 4.78 is 33.2. The Morgan fingerprint density at radius 2 is 1.81 bits per heavy atom. The molecule has 0 spiro atoms. The fourth-order valence-electron chi connectivity index (χ4n) is 3.80. The van der Waals surface area contributed by atoms with Crippen LogP contribution in [0.2, 0.25) is 0 Å². The summed E-state index contributed by atoms with van der Waals surface area (Å²) in [6.45, 7) is 5.40. The molecule has 8 nitrogen and oxygen atoms in total. The van der Waals surface area contributed by atoms with Crippen LogP contribution in [0.3, 0.4) is 0 Å². The summed E-state index contributed by atoms with van der Waals surface area (Å²) in [6.07, 6.45) is 1.39. The van der Waals surface area contributed by atoms with E-state index in [-0.39, 0.29) is 15.8 Å². The van der Waals surface area contributed by atoms with E-state index in [0.29, 0.717) is 37.5 Å². The summed E-state index contributed by atoms with van der Waals surface area (Å²) in [4.78, 5) is 30.5. The fraction of sp³-hybridized carbons (Fsp3) is 0.304. The fourth-order valence-corrected chi connectivity index (χ4v) is 5.08. The minimum atomic E-state index is -3.92. The number of morpholine rings is 1. The quantitative estimate of drug-likeness (QED) is 0.651. The zero-order chi connectivity index (χ0) is 23.0. The van der Waals surface area contributed by atoms with Crippen LogP contribution in [0, 0.1) is 13.8 Å². The Bertz CT molecular complexity index is 1360. The predicted molar refractivity (Wildman–Crippen MR) is 123 cm³/mol. The molecule has 0 bridgehead atoms. The number of amides is 1. The second-order valence-electron chi connectivity index (χ2n) is 7.91. The normalized spacial score (nSPS) is 14.5. The molecule has 2 aromatic carbocycles. The molecular formula is C23H25N3O5S. The van der Waals surface area contributed by atoms with Gasteiger partial charge in [-0.3, -0.25) is 13.9 Å². The molecule has 168 valence electrons. The van der Waals surface area contributed by atoms with Crippen molar-refractivity contribution in [1.82, 2.24) is 9.88 Å². The number of aromatic nitrogens is 1. The maximum absolute atomic E-state index is 13.3. The van der Waals surface area contributed by atoms with E-state index in [9.17, 15) is 18.0 Å². The van der Waals surface area contributed by atoms with Crippen LogP contribution in [0.5, 0.6) is 0 Å². The van der Waals surface area contributed by atoms with Crippen LogP contribution < -0.4 is 9.73 Å². The van der Waals surface area contributed by atoms with Gasteiger partial charge in [0.25, 0.3) is 15.9 Å². The minimum absolute atomic E-state index is 0.0168. The molecule has 32 heavy (non-hydrogen) atoms. The molecule has 1 amide bonds. The number of benzene rings is 2. The Hall–Kier alpha value is -3.17. The Morgan fingerprint density at radius 3 is 2.53 bits per heavy atom. The van der Waals surface area contributed by atoms with E-state index < -0.39 is 21.4 Å². The smallest absolute Gasteiger partial charge is 0.264 e.